The van der Waals surface area contributed by atoms with E-state index < -0.39 is 11.7 Å². The van der Waals surface area contributed by atoms with Crippen LogP contribution in [0.4, 0.5) is 13.2 Å². The standard InChI is InChI=1S/C17H22F3N5/c1-3-21-16(22-8-9-25-12-13(2)10-24-25)23-11-14-4-6-15(7-5-14)17(18,19)20/h4-7,10,12H,3,8-9,11H2,1-2H3,(H2,21,22,23). The van der Waals surface area contributed by atoms with Gasteiger partial charge in [0.2, 0.25) is 0 Å². The highest BCUT2D eigenvalue weighted by Crippen LogP contribution is 2.29. The minimum Gasteiger partial charge on any atom is -0.357 e. The van der Waals surface area contributed by atoms with Gasteiger partial charge in [0.1, 0.15) is 0 Å². The molecule has 0 saturated carbocycles. The lowest BCUT2D eigenvalue weighted by Gasteiger charge is -2.11. The smallest absolute Gasteiger partial charge is 0.357 e. The predicted octanol–water partition coefficient (Wildman–Crippen LogP) is 2.97. The molecule has 1 aromatic carbocycles. The maximum absolute atomic E-state index is 12.6. The van der Waals surface area contributed by atoms with Crippen molar-refractivity contribution in [3.8, 4) is 0 Å². The third kappa shape index (κ3) is 6.13. The molecule has 0 radical (unpaired) electrons. The van der Waals surface area contributed by atoms with Gasteiger partial charge in [-0.15, -0.1) is 0 Å². The van der Waals surface area contributed by atoms with Crippen molar-refractivity contribution in [1.82, 2.24) is 20.4 Å². The molecule has 0 amide bonds. The number of aliphatic imine (C=N–C) groups is 1. The molecular formula is C17H22F3N5. The second-order valence-electron chi connectivity index (χ2n) is 5.60. The lowest BCUT2D eigenvalue weighted by atomic mass is 10.1. The number of alkyl halides is 3. The van der Waals surface area contributed by atoms with Crippen molar-refractivity contribution in [2.45, 2.75) is 33.1 Å². The third-order valence-electron chi connectivity index (χ3n) is 3.44. The number of benzene rings is 1. The van der Waals surface area contributed by atoms with Crippen molar-refractivity contribution >= 4 is 5.96 Å². The SMILES string of the molecule is CCNC(=NCc1ccc(C(F)(F)F)cc1)NCCn1cc(C)cn1. The van der Waals surface area contributed by atoms with E-state index in [1.807, 2.05) is 24.7 Å². The number of hydrogen-bond donors (Lipinski definition) is 2. The van der Waals surface area contributed by atoms with Crippen LogP contribution >= 0.6 is 0 Å². The molecule has 136 valence electrons. The highest BCUT2D eigenvalue weighted by atomic mass is 19.4. The summed E-state index contributed by atoms with van der Waals surface area (Å²) in [6.07, 6.45) is -0.568. The van der Waals surface area contributed by atoms with Crippen LogP contribution in [0.2, 0.25) is 0 Å². The zero-order valence-corrected chi connectivity index (χ0v) is 14.3. The first-order valence-electron chi connectivity index (χ1n) is 8.06. The third-order valence-corrected chi connectivity index (χ3v) is 3.44. The number of halogens is 3. The van der Waals surface area contributed by atoms with Crippen molar-refractivity contribution in [1.29, 1.82) is 0 Å². The van der Waals surface area contributed by atoms with Gasteiger partial charge in [-0.05, 0) is 37.1 Å². The number of nitrogens with zero attached hydrogens (tertiary/aromatic N) is 3. The van der Waals surface area contributed by atoms with Crippen LogP contribution in [0.15, 0.2) is 41.7 Å². The van der Waals surface area contributed by atoms with E-state index in [9.17, 15) is 13.2 Å². The van der Waals surface area contributed by atoms with Gasteiger partial charge in [0, 0.05) is 19.3 Å². The molecular weight excluding hydrogens is 331 g/mol. The van der Waals surface area contributed by atoms with Gasteiger partial charge < -0.3 is 10.6 Å². The summed E-state index contributed by atoms with van der Waals surface area (Å²) in [4.78, 5) is 4.40. The Balaban J connectivity index is 1.90. The number of nitrogens with one attached hydrogen (secondary N) is 2. The number of aromatic nitrogens is 2. The lowest BCUT2D eigenvalue weighted by Crippen LogP contribution is -2.38. The molecule has 0 saturated heterocycles. The summed E-state index contributed by atoms with van der Waals surface area (Å²) in [6, 6.07) is 5.04. The van der Waals surface area contributed by atoms with Crippen molar-refractivity contribution in [3.63, 3.8) is 0 Å². The second kappa shape index (κ2) is 8.55. The van der Waals surface area contributed by atoms with Crippen LogP contribution in [0.1, 0.15) is 23.6 Å². The molecule has 8 heteroatoms. The summed E-state index contributed by atoms with van der Waals surface area (Å²) in [7, 11) is 0. The minimum atomic E-state index is -4.32. The highest BCUT2D eigenvalue weighted by Gasteiger charge is 2.29. The summed E-state index contributed by atoms with van der Waals surface area (Å²) in [5, 5.41) is 10.5. The van der Waals surface area contributed by atoms with Crippen LogP contribution in [0.25, 0.3) is 0 Å². The van der Waals surface area contributed by atoms with E-state index in [0.717, 1.165) is 17.7 Å². The van der Waals surface area contributed by atoms with Gasteiger partial charge in [0.25, 0.3) is 0 Å². The Labute approximate surface area is 145 Å². The van der Waals surface area contributed by atoms with E-state index >= 15 is 0 Å². The highest BCUT2D eigenvalue weighted by molar-refractivity contribution is 5.79. The average Bonchev–Trinajstić information content (AvgIpc) is 2.97. The molecule has 0 aliphatic carbocycles. The summed E-state index contributed by atoms with van der Waals surface area (Å²) >= 11 is 0. The summed E-state index contributed by atoms with van der Waals surface area (Å²) in [5.41, 5.74) is 1.16. The van der Waals surface area contributed by atoms with Crippen molar-refractivity contribution < 1.29 is 13.2 Å². The fraction of sp³-hybridized carbons (Fsp3) is 0.412. The zero-order chi connectivity index (χ0) is 18.3. The lowest BCUT2D eigenvalue weighted by molar-refractivity contribution is -0.137. The van der Waals surface area contributed by atoms with Gasteiger partial charge in [-0.25, -0.2) is 4.99 Å². The fourth-order valence-electron chi connectivity index (χ4n) is 2.19. The summed E-state index contributed by atoms with van der Waals surface area (Å²) in [6.45, 7) is 6.26. The van der Waals surface area contributed by atoms with E-state index in [4.69, 9.17) is 0 Å². The zero-order valence-electron chi connectivity index (χ0n) is 14.3. The van der Waals surface area contributed by atoms with Crippen molar-refractivity contribution in [2.75, 3.05) is 13.1 Å². The van der Waals surface area contributed by atoms with Crippen LogP contribution in [-0.2, 0) is 19.3 Å². The molecule has 2 rings (SSSR count). The van der Waals surface area contributed by atoms with Crippen LogP contribution in [0.3, 0.4) is 0 Å². The van der Waals surface area contributed by atoms with E-state index in [0.29, 0.717) is 37.7 Å². The Morgan fingerprint density at radius 1 is 1.20 bits per heavy atom. The number of rotatable bonds is 6. The minimum absolute atomic E-state index is 0.300. The Hall–Kier alpha value is -2.51. The summed E-state index contributed by atoms with van der Waals surface area (Å²) in [5.74, 6) is 0.617. The van der Waals surface area contributed by atoms with Gasteiger partial charge in [0.05, 0.1) is 24.8 Å². The fourth-order valence-corrected chi connectivity index (χ4v) is 2.19. The van der Waals surface area contributed by atoms with Crippen molar-refractivity contribution in [3.05, 3.63) is 53.3 Å². The summed E-state index contributed by atoms with van der Waals surface area (Å²) < 4.78 is 39.5. The molecule has 0 aliphatic heterocycles. The van der Waals surface area contributed by atoms with E-state index in [1.165, 1.54) is 12.1 Å². The Morgan fingerprint density at radius 3 is 2.48 bits per heavy atom. The maximum Gasteiger partial charge on any atom is 0.416 e. The molecule has 25 heavy (non-hydrogen) atoms. The largest absolute Gasteiger partial charge is 0.416 e. The van der Waals surface area contributed by atoms with Crippen molar-refractivity contribution in [2.24, 2.45) is 4.99 Å². The van der Waals surface area contributed by atoms with Crippen LogP contribution in [0.5, 0.6) is 0 Å². The Morgan fingerprint density at radius 2 is 1.92 bits per heavy atom. The molecule has 1 aromatic heterocycles. The van der Waals surface area contributed by atoms with E-state index in [2.05, 4.69) is 20.7 Å². The van der Waals surface area contributed by atoms with E-state index in [1.54, 1.807) is 6.20 Å². The van der Waals surface area contributed by atoms with Gasteiger partial charge in [-0.1, -0.05) is 12.1 Å². The van der Waals surface area contributed by atoms with Gasteiger partial charge >= 0.3 is 6.18 Å². The molecule has 0 atom stereocenters. The number of guanidine groups is 1. The first kappa shape index (κ1) is 18.8. The molecule has 2 aromatic rings. The van der Waals surface area contributed by atoms with Gasteiger partial charge in [-0.2, -0.15) is 18.3 Å². The topological polar surface area (TPSA) is 54.2 Å². The van der Waals surface area contributed by atoms with Crippen LogP contribution < -0.4 is 10.6 Å². The molecule has 0 unspecified atom stereocenters. The normalized spacial score (nSPS) is 12.3. The van der Waals surface area contributed by atoms with E-state index in [-0.39, 0.29) is 0 Å². The molecule has 1 heterocycles. The predicted molar refractivity (Wildman–Crippen MR) is 91.2 cm³/mol. The number of aryl methyl sites for hydroxylation is 1. The Bertz CT molecular complexity index is 689. The average molecular weight is 353 g/mol. The molecule has 0 fully saturated rings. The molecule has 0 spiro atoms. The van der Waals surface area contributed by atoms with Crippen LogP contribution in [-0.4, -0.2) is 28.8 Å². The molecule has 0 aliphatic rings. The number of hydrogen-bond acceptors (Lipinski definition) is 2. The maximum atomic E-state index is 12.6. The van der Waals surface area contributed by atoms with Gasteiger partial charge in [-0.3, -0.25) is 4.68 Å². The first-order chi connectivity index (χ1) is 11.9. The van der Waals surface area contributed by atoms with Gasteiger partial charge in [0.15, 0.2) is 5.96 Å². The quantitative estimate of drug-likeness (QED) is 0.620. The van der Waals surface area contributed by atoms with Crippen LogP contribution in [0, 0.1) is 6.92 Å². The Kier molecular flexibility index (Phi) is 6.44. The second-order valence-corrected chi connectivity index (χ2v) is 5.60. The molecule has 0 bridgehead atoms. The first-order valence-corrected chi connectivity index (χ1v) is 8.06. The molecule has 5 nitrogen and oxygen atoms in total. The molecule has 2 N–H and O–H groups in total. The monoisotopic (exact) mass is 353 g/mol.